The van der Waals surface area contributed by atoms with Crippen LogP contribution >= 0.6 is 0 Å². The summed E-state index contributed by atoms with van der Waals surface area (Å²) in [6.07, 6.45) is 2.19. The van der Waals surface area contributed by atoms with Gasteiger partial charge in [0.1, 0.15) is 0 Å². The summed E-state index contributed by atoms with van der Waals surface area (Å²) >= 11 is 0. The molecule has 1 unspecified atom stereocenters. The van der Waals surface area contributed by atoms with Crippen LogP contribution in [0.15, 0.2) is 29.3 Å². The molecule has 0 aliphatic carbocycles. The zero-order valence-electron chi connectivity index (χ0n) is 12.3. The third-order valence-electron chi connectivity index (χ3n) is 2.96. The van der Waals surface area contributed by atoms with Crippen molar-refractivity contribution in [3.8, 4) is 0 Å². The number of nitrogens with two attached hydrogens (primary N) is 1. The molecule has 1 rings (SSSR count). The molecule has 112 valence electrons. The zero-order valence-corrected chi connectivity index (χ0v) is 13.1. The van der Waals surface area contributed by atoms with Gasteiger partial charge in [0.2, 0.25) is 0 Å². The Balaban J connectivity index is 2.80. The summed E-state index contributed by atoms with van der Waals surface area (Å²) in [4.78, 5) is 4.26. The first kappa shape index (κ1) is 16.5. The first-order chi connectivity index (χ1) is 9.31. The highest BCUT2D eigenvalue weighted by atomic mass is 32.2. The summed E-state index contributed by atoms with van der Waals surface area (Å²) in [5, 5.41) is 3.08. The highest BCUT2D eigenvalue weighted by Gasteiger charge is 2.08. The quantitative estimate of drug-likeness (QED) is 0.614. The van der Waals surface area contributed by atoms with Gasteiger partial charge in [-0.1, -0.05) is 31.2 Å². The number of hydrogen-bond donors (Lipinski definition) is 2. The molecule has 0 heterocycles. The second-order valence-corrected chi connectivity index (χ2v) is 7.13. The van der Waals surface area contributed by atoms with Gasteiger partial charge in [0.15, 0.2) is 15.8 Å². The lowest BCUT2D eigenvalue weighted by molar-refractivity contribution is 0.601. The second kappa shape index (κ2) is 7.28. The molecular weight excluding hydrogens is 274 g/mol. The van der Waals surface area contributed by atoms with Crippen LogP contribution in [0.1, 0.15) is 31.4 Å². The molecule has 0 radical (unpaired) electrons. The number of sulfone groups is 1. The van der Waals surface area contributed by atoms with Crippen LogP contribution in [0.4, 0.5) is 0 Å². The fraction of sp³-hybridized carbons (Fsp3) is 0.500. The first-order valence-electron chi connectivity index (χ1n) is 6.62. The summed E-state index contributed by atoms with van der Waals surface area (Å²) in [7, 11) is -3.06. The first-order valence-corrected chi connectivity index (χ1v) is 8.69. The summed E-state index contributed by atoms with van der Waals surface area (Å²) < 4.78 is 22.8. The van der Waals surface area contributed by atoms with Crippen molar-refractivity contribution in [1.82, 2.24) is 5.32 Å². The van der Waals surface area contributed by atoms with E-state index in [4.69, 9.17) is 5.73 Å². The molecule has 3 N–H and O–H groups in total. The lowest BCUT2D eigenvalue weighted by Crippen LogP contribution is -2.38. The summed E-state index contributed by atoms with van der Waals surface area (Å²) in [6, 6.07) is 7.65. The van der Waals surface area contributed by atoms with Gasteiger partial charge in [-0.3, -0.25) is 0 Å². The minimum atomic E-state index is -3.06. The van der Waals surface area contributed by atoms with Gasteiger partial charge in [-0.2, -0.15) is 0 Å². The molecule has 1 atom stereocenters. The van der Waals surface area contributed by atoms with Crippen molar-refractivity contribution in [2.24, 2.45) is 10.7 Å². The molecule has 0 bridgehead atoms. The Morgan fingerprint density at radius 2 is 1.95 bits per heavy atom. The number of hydrogen-bond acceptors (Lipinski definition) is 3. The highest BCUT2D eigenvalue weighted by molar-refractivity contribution is 7.89. The molecule has 0 aliphatic heterocycles. The van der Waals surface area contributed by atoms with Gasteiger partial charge in [-0.25, -0.2) is 13.4 Å². The molecule has 0 aromatic heterocycles. The molecular formula is C14H23N3O2S. The van der Waals surface area contributed by atoms with Crippen molar-refractivity contribution in [1.29, 1.82) is 0 Å². The predicted molar refractivity (Wildman–Crippen MR) is 83.2 cm³/mol. The third kappa shape index (κ3) is 6.06. The van der Waals surface area contributed by atoms with Crippen molar-refractivity contribution < 1.29 is 8.42 Å². The topological polar surface area (TPSA) is 84.5 Å². The molecule has 0 spiro atoms. The fourth-order valence-corrected chi connectivity index (χ4v) is 2.55. The Kier molecular flexibility index (Phi) is 6.01. The SMILES string of the molecule is CCC(C)NC(N)=NCc1ccccc1CS(C)(=O)=O. The molecule has 6 heteroatoms. The van der Waals surface area contributed by atoms with Gasteiger partial charge in [-0.15, -0.1) is 0 Å². The van der Waals surface area contributed by atoms with E-state index in [2.05, 4.69) is 17.2 Å². The van der Waals surface area contributed by atoms with Crippen LogP contribution < -0.4 is 11.1 Å². The monoisotopic (exact) mass is 297 g/mol. The number of rotatable bonds is 6. The van der Waals surface area contributed by atoms with Crippen LogP contribution in [0, 0.1) is 0 Å². The van der Waals surface area contributed by atoms with Gasteiger partial charge in [0.25, 0.3) is 0 Å². The molecule has 0 saturated heterocycles. The van der Waals surface area contributed by atoms with E-state index in [-0.39, 0.29) is 11.8 Å². The number of aliphatic imine (C=N–C) groups is 1. The fourth-order valence-electron chi connectivity index (χ4n) is 1.71. The maximum Gasteiger partial charge on any atom is 0.189 e. The number of nitrogens with one attached hydrogen (secondary N) is 1. The Morgan fingerprint density at radius 1 is 1.35 bits per heavy atom. The van der Waals surface area contributed by atoms with Gasteiger partial charge in [0, 0.05) is 12.3 Å². The maximum atomic E-state index is 11.4. The van der Waals surface area contributed by atoms with Crippen LogP contribution in [0.25, 0.3) is 0 Å². The van der Waals surface area contributed by atoms with Crippen molar-refractivity contribution >= 4 is 15.8 Å². The minimum Gasteiger partial charge on any atom is -0.370 e. The number of nitrogens with zero attached hydrogens (tertiary/aromatic N) is 1. The zero-order chi connectivity index (χ0) is 15.2. The van der Waals surface area contributed by atoms with Gasteiger partial charge in [-0.05, 0) is 24.5 Å². The van der Waals surface area contributed by atoms with Crippen LogP contribution in [0.5, 0.6) is 0 Å². The largest absolute Gasteiger partial charge is 0.370 e. The third-order valence-corrected chi connectivity index (χ3v) is 3.80. The summed E-state index contributed by atoms with van der Waals surface area (Å²) in [5.41, 5.74) is 7.45. The van der Waals surface area contributed by atoms with Crippen LogP contribution in [0.3, 0.4) is 0 Å². The average molecular weight is 297 g/mol. The van der Waals surface area contributed by atoms with Crippen LogP contribution in [-0.4, -0.2) is 26.7 Å². The highest BCUT2D eigenvalue weighted by Crippen LogP contribution is 2.13. The Hall–Kier alpha value is -1.56. The van der Waals surface area contributed by atoms with E-state index >= 15 is 0 Å². The van der Waals surface area contributed by atoms with E-state index in [9.17, 15) is 8.42 Å². The maximum absolute atomic E-state index is 11.4. The van der Waals surface area contributed by atoms with Gasteiger partial charge >= 0.3 is 0 Å². The van der Waals surface area contributed by atoms with Crippen molar-refractivity contribution in [2.75, 3.05) is 6.26 Å². The minimum absolute atomic E-state index is 0.0252. The standard InChI is InChI=1S/C14H23N3O2S/c1-4-11(2)17-14(15)16-9-12-7-5-6-8-13(12)10-20(3,18)19/h5-8,11H,4,9-10H2,1-3H3,(H3,15,16,17). The Labute approximate surface area is 121 Å². The van der Waals surface area contributed by atoms with Crippen LogP contribution in [0.2, 0.25) is 0 Å². The lowest BCUT2D eigenvalue weighted by Gasteiger charge is -2.12. The van der Waals surface area contributed by atoms with E-state index < -0.39 is 9.84 Å². The Morgan fingerprint density at radius 3 is 2.50 bits per heavy atom. The Bertz CT molecular complexity index is 568. The number of benzene rings is 1. The molecule has 0 saturated carbocycles. The van der Waals surface area contributed by atoms with Crippen LogP contribution in [-0.2, 0) is 22.1 Å². The van der Waals surface area contributed by atoms with E-state index in [0.717, 1.165) is 17.5 Å². The second-order valence-electron chi connectivity index (χ2n) is 4.99. The number of guanidine groups is 1. The van der Waals surface area contributed by atoms with E-state index in [1.165, 1.54) is 6.26 Å². The van der Waals surface area contributed by atoms with Crippen molar-refractivity contribution in [3.05, 3.63) is 35.4 Å². The molecule has 0 amide bonds. The van der Waals surface area contributed by atoms with Gasteiger partial charge in [0.05, 0.1) is 12.3 Å². The van der Waals surface area contributed by atoms with Crippen molar-refractivity contribution in [2.45, 2.75) is 38.6 Å². The van der Waals surface area contributed by atoms with Crippen molar-refractivity contribution in [3.63, 3.8) is 0 Å². The normalized spacial score (nSPS) is 14.1. The predicted octanol–water partition coefficient (Wildman–Crippen LogP) is 1.43. The molecule has 0 aliphatic rings. The van der Waals surface area contributed by atoms with E-state index in [1.54, 1.807) is 0 Å². The molecule has 5 nitrogen and oxygen atoms in total. The van der Waals surface area contributed by atoms with Gasteiger partial charge < -0.3 is 11.1 Å². The summed E-state index contributed by atoms with van der Waals surface area (Å²) in [6.45, 7) is 4.47. The summed E-state index contributed by atoms with van der Waals surface area (Å²) in [5.74, 6) is 0.408. The average Bonchev–Trinajstić information content (AvgIpc) is 2.35. The van der Waals surface area contributed by atoms with E-state index in [0.29, 0.717) is 12.5 Å². The molecule has 20 heavy (non-hydrogen) atoms. The molecule has 1 aromatic carbocycles. The smallest absolute Gasteiger partial charge is 0.189 e. The lowest BCUT2D eigenvalue weighted by atomic mass is 10.1. The van der Waals surface area contributed by atoms with E-state index in [1.807, 2.05) is 31.2 Å². The molecule has 1 aromatic rings. The molecule has 0 fully saturated rings.